The predicted molar refractivity (Wildman–Crippen MR) is 66.4 cm³/mol. The minimum Gasteiger partial charge on any atom is -0.461 e. The lowest BCUT2D eigenvalue weighted by Gasteiger charge is -1.99. The molecule has 17 heavy (non-hydrogen) atoms. The van der Waals surface area contributed by atoms with Crippen LogP contribution in [-0.4, -0.2) is 24.1 Å². The smallest absolute Gasteiger partial charge is 0.354 e. The maximum Gasteiger partial charge on any atom is 0.354 e. The highest BCUT2D eigenvalue weighted by molar-refractivity contribution is 5.98. The molecule has 1 aromatic heterocycles. The van der Waals surface area contributed by atoms with Gasteiger partial charge in [0.1, 0.15) is 5.69 Å². The number of aromatic amines is 1. The summed E-state index contributed by atoms with van der Waals surface area (Å²) in [5, 5.41) is 4.45. The van der Waals surface area contributed by atoms with Crippen LogP contribution in [0.2, 0.25) is 0 Å². The number of benzene rings is 1. The van der Waals surface area contributed by atoms with E-state index in [1.165, 1.54) is 11.3 Å². The van der Waals surface area contributed by atoms with Gasteiger partial charge in [0.05, 0.1) is 6.61 Å². The van der Waals surface area contributed by atoms with Crippen LogP contribution in [0.15, 0.2) is 18.2 Å². The minimum atomic E-state index is -0.289. The number of H-pyrrole nitrogens is 1. The van der Waals surface area contributed by atoms with Gasteiger partial charge in [0, 0.05) is 23.1 Å². The summed E-state index contributed by atoms with van der Waals surface area (Å²) in [7, 11) is 0. The summed E-state index contributed by atoms with van der Waals surface area (Å²) in [5.41, 5.74) is 3.99. The molecule has 0 unspecified atom stereocenters. The minimum absolute atomic E-state index is 0.289. The van der Waals surface area contributed by atoms with Gasteiger partial charge in [-0.3, -0.25) is 0 Å². The molecular formula is C13H14N2O2. The standard InChI is InChI=1S/C13H14N2O2/c1-2-17-13(16)12-7-9-8-5-6-14-10(8)3-4-11(9)15-12/h3-4,7,14-15H,2,5-6H2,1H3. The van der Waals surface area contributed by atoms with E-state index in [-0.39, 0.29) is 5.97 Å². The van der Waals surface area contributed by atoms with E-state index in [0.29, 0.717) is 12.3 Å². The zero-order valence-electron chi connectivity index (χ0n) is 9.67. The molecule has 0 fully saturated rings. The van der Waals surface area contributed by atoms with Crippen LogP contribution in [0, 0.1) is 0 Å². The van der Waals surface area contributed by atoms with Crippen LogP contribution in [0.1, 0.15) is 23.0 Å². The van der Waals surface area contributed by atoms with Crippen molar-refractivity contribution in [3.05, 3.63) is 29.5 Å². The van der Waals surface area contributed by atoms with Crippen molar-refractivity contribution in [2.75, 3.05) is 18.5 Å². The second kappa shape index (κ2) is 3.80. The first-order valence-electron chi connectivity index (χ1n) is 5.85. The lowest BCUT2D eigenvalue weighted by atomic mass is 10.1. The highest BCUT2D eigenvalue weighted by atomic mass is 16.5. The fourth-order valence-electron chi connectivity index (χ4n) is 2.34. The van der Waals surface area contributed by atoms with E-state index < -0.39 is 0 Å². The molecule has 2 aromatic rings. The van der Waals surface area contributed by atoms with Crippen molar-refractivity contribution in [1.82, 2.24) is 4.98 Å². The lowest BCUT2D eigenvalue weighted by Crippen LogP contribution is -2.04. The number of nitrogens with one attached hydrogen (secondary N) is 2. The second-order valence-electron chi connectivity index (χ2n) is 4.13. The Kier molecular flexibility index (Phi) is 2.28. The maximum atomic E-state index is 11.6. The third-order valence-corrected chi connectivity index (χ3v) is 3.10. The molecular weight excluding hydrogens is 216 g/mol. The van der Waals surface area contributed by atoms with Crippen molar-refractivity contribution < 1.29 is 9.53 Å². The van der Waals surface area contributed by atoms with Crippen LogP contribution in [-0.2, 0) is 11.2 Å². The van der Waals surface area contributed by atoms with Gasteiger partial charge in [0.15, 0.2) is 0 Å². The quantitative estimate of drug-likeness (QED) is 0.778. The Bertz CT molecular complexity index is 586. The molecule has 1 aliphatic rings. The number of carbonyl (C=O) groups is 1. The molecule has 0 amide bonds. The highest BCUT2D eigenvalue weighted by Gasteiger charge is 2.17. The first-order chi connectivity index (χ1) is 8.29. The molecule has 3 rings (SSSR count). The molecule has 2 heterocycles. The molecule has 4 nitrogen and oxygen atoms in total. The van der Waals surface area contributed by atoms with Crippen LogP contribution in [0.5, 0.6) is 0 Å². The van der Waals surface area contributed by atoms with Crippen LogP contribution in [0.3, 0.4) is 0 Å². The van der Waals surface area contributed by atoms with E-state index in [1.54, 1.807) is 0 Å². The van der Waals surface area contributed by atoms with E-state index in [4.69, 9.17) is 4.74 Å². The van der Waals surface area contributed by atoms with Gasteiger partial charge in [-0.25, -0.2) is 4.79 Å². The number of carbonyl (C=O) groups excluding carboxylic acids is 1. The monoisotopic (exact) mass is 230 g/mol. The molecule has 0 aliphatic carbocycles. The average Bonchev–Trinajstić information content (AvgIpc) is 2.94. The van der Waals surface area contributed by atoms with Crippen molar-refractivity contribution in [3.63, 3.8) is 0 Å². The van der Waals surface area contributed by atoms with Gasteiger partial charge in [-0.1, -0.05) is 0 Å². The van der Waals surface area contributed by atoms with Gasteiger partial charge in [-0.2, -0.15) is 0 Å². The van der Waals surface area contributed by atoms with Crippen molar-refractivity contribution in [3.8, 4) is 0 Å². The van der Waals surface area contributed by atoms with Gasteiger partial charge in [-0.05, 0) is 37.1 Å². The van der Waals surface area contributed by atoms with Gasteiger partial charge in [0.2, 0.25) is 0 Å². The summed E-state index contributed by atoms with van der Waals surface area (Å²) < 4.78 is 4.99. The van der Waals surface area contributed by atoms with Crippen molar-refractivity contribution in [1.29, 1.82) is 0 Å². The summed E-state index contributed by atoms with van der Waals surface area (Å²) in [4.78, 5) is 14.8. The Balaban J connectivity index is 2.10. The number of hydrogen-bond acceptors (Lipinski definition) is 3. The molecule has 4 heteroatoms. The molecule has 0 saturated heterocycles. The molecule has 1 aliphatic heterocycles. The number of rotatable bonds is 2. The number of ether oxygens (including phenoxy) is 1. The largest absolute Gasteiger partial charge is 0.461 e. The number of hydrogen-bond donors (Lipinski definition) is 2. The van der Waals surface area contributed by atoms with Crippen LogP contribution >= 0.6 is 0 Å². The van der Waals surface area contributed by atoms with E-state index >= 15 is 0 Å². The molecule has 2 N–H and O–H groups in total. The third kappa shape index (κ3) is 1.56. The number of fused-ring (bicyclic) bond motifs is 3. The molecule has 0 saturated carbocycles. The maximum absolute atomic E-state index is 11.6. The zero-order chi connectivity index (χ0) is 11.8. The third-order valence-electron chi connectivity index (χ3n) is 3.10. The Morgan fingerprint density at radius 3 is 3.18 bits per heavy atom. The lowest BCUT2D eigenvalue weighted by molar-refractivity contribution is 0.0520. The van der Waals surface area contributed by atoms with Crippen molar-refractivity contribution in [2.45, 2.75) is 13.3 Å². The van der Waals surface area contributed by atoms with Crippen LogP contribution < -0.4 is 5.32 Å². The van der Waals surface area contributed by atoms with E-state index in [0.717, 1.165) is 23.9 Å². The summed E-state index contributed by atoms with van der Waals surface area (Å²) in [5.74, 6) is -0.289. The van der Waals surface area contributed by atoms with Gasteiger partial charge < -0.3 is 15.0 Å². The molecule has 0 radical (unpaired) electrons. The van der Waals surface area contributed by atoms with Gasteiger partial charge in [0.25, 0.3) is 0 Å². The Morgan fingerprint density at radius 2 is 2.35 bits per heavy atom. The normalized spacial score (nSPS) is 13.5. The number of aromatic nitrogens is 1. The Morgan fingerprint density at radius 1 is 1.47 bits per heavy atom. The van der Waals surface area contributed by atoms with E-state index in [1.807, 2.05) is 19.1 Å². The highest BCUT2D eigenvalue weighted by Crippen LogP contribution is 2.30. The topological polar surface area (TPSA) is 54.1 Å². The van der Waals surface area contributed by atoms with Gasteiger partial charge >= 0.3 is 5.97 Å². The summed E-state index contributed by atoms with van der Waals surface area (Å²) in [6.45, 7) is 3.17. The molecule has 88 valence electrons. The fourth-order valence-corrected chi connectivity index (χ4v) is 2.34. The second-order valence-corrected chi connectivity index (χ2v) is 4.13. The molecule has 0 bridgehead atoms. The summed E-state index contributed by atoms with van der Waals surface area (Å²) in [6, 6.07) is 5.93. The molecule has 1 aromatic carbocycles. The van der Waals surface area contributed by atoms with E-state index in [2.05, 4.69) is 16.4 Å². The van der Waals surface area contributed by atoms with Gasteiger partial charge in [-0.15, -0.1) is 0 Å². The SMILES string of the molecule is CCOC(=O)c1cc2c3c(ccc2[nH]1)NCC3. The average molecular weight is 230 g/mol. The summed E-state index contributed by atoms with van der Waals surface area (Å²) >= 11 is 0. The fraction of sp³-hybridized carbons (Fsp3) is 0.308. The first kappa shape index (κ1) is 10.2. The molecule has 0 spiro atoms. The number of anilines is 1. The van der Waals surface area contributed by atoms with Crippen LogP contribution in [0.4, 0.5) is 5.69 Å². The summed E-state index contributed by atoms with van der Waals surface area (Å²) in [6.07, 6.45) is 1.01. The van der Waals surface area contributed by atoms with Crippen molar-refractivity contribution in [2.24, 2.45) is 0 Å². The predicted octanol–water partition coefficient (Wildman–Crippen LogP) is 2.31. The molecule has 0 atom stereocenters. The van der Waals surface area contributed by atoms with Crippen LogP contribution in [0.25, 0.3) is 10.9 Å². The Labute approximate surface area is 99.0 Å². The Hall–Kier alpha value is -1.97. The van der Waals surface area contributed by atoms with E-state index in [9.17, 15) is 4.79 Å². The number of esters is 1. The van der Waals surface area contributed by atoms with Crippen molar-refractivity contribution >= 4 is 22.6 Å². The zero-order valence-corrected chi connectivity index (χ0v) is 9.67. The first-order valence-corrected chi connectivity index (χ1v) is 5.85.